The lowest BCUT2D eigenvalue weighted by Crippen LogP contribution is -2.37. The number of ether oxygens (including phenoxy) is 1. The Bertz CT molecular complexity index is 639. The maximum absolute atomic E-state index is 12.2. The van der Waals surface area contributed by atoms with E-state index in [-0.39, 0.29) is 24.0 Å². The minimum Gasteiger partial charge on any atom is -0.488 e. The summed E-state index contributed by atoms with van der Waals surface area (Å²) >= 11 is 1.73. The summed E-state index contributed by atoms with van der Waals surface area (Å²) < 4.78 is 29.4. The third kappa shape index (κ3) is 8.48. The van der Waals surface area contributed by atoms with Crippen molar-refractivity contribution in [2.45, 2.75) is 19.4 Å². The lowest BCUT2D eigenvalue weighted by molar-refractivity contribution is 0.0818. The predicted molar refractivity (Wildman–Crippen MR) is 110 cm³/mol. The van der Waals surface area contributed by atoms with Gasteiger partial charge in [-0.05, 0) is 35.6 Å². The molecule has 2 rings (SSSR count). The smallest absolute Gasteiger partial charge is 0.272 e. The minimum atomic E-state index is -2.47. The van der Waals surface area contributed by atoms with E-state index in [9.17, 15) is 8.78 Å². The Balaban J connectivity index is 0.00000312. The zero-order valence-corrected chi connectivity index (χ0v) is 17.0. The number of benzene rings is 1. The van der Waals surface area contributed by atoms with Crippen molar-refractivity contribution >= 4 is 41.3 Å². The molecule has 0 bridgehead atoms. The lowest BCUT2D eigenvalue weighted by atomic mass is 10.2. The molecule has 0 unspecified atom stereocenters. The van der Waals surface area contributed by atoms with Crippen LogP contribution < -0.4 is 15.4 Å². The van der Waals surface area contributed by atoms with E-state index in [2.05, 4.69) is 27.1 Å². The number of thiophene rings is 1. The SMILES string of the molecule is CN=C(NCCc1cccs1)NCc1cccc(OCC(F)F)c1.I. The Labute approximate surface area is 167 Å². The molecule has 0 saturated carbocycles. The molecule has 1 aromatic carbocycles. The van der Waals surface area contributed by atoms with Crippen LogP contribution in [-0.4, -0.2) is 32.6 Å². The topological polar surface area (TPSA) is 45.7 Å². The second-order valence-electron chi connectivity index (χ2n) is 5.03. The molecular formula is C17H22F2IN3OS. The van der Waals surface area contributed by atoms with E-state index in [0.29, 0.717) is 18.3 Å². The molecule has 1 aromatic heterocycles. The Morgan fingerprint density at radius 3 is 2.76 bits per heavy atom. The van der Waals surface area contributed by atoms with Gasteiger partial charge in [0.1, 0.15) is 12.4 Å². The average Bonchev–Trinajstić information content (AvgIpc) is 3.10. The summed E-state index contributed by atoms with van der Waals surface area (Å²) in [6.45, 7) is 0.727. The average molecular weight is 481 g/mol. The van der Waals surface area contributed by atoms with E-state index in [1.165, 1.54) is 4.88 Å². The van der Waals surface area contributed by atoms with Crippen molar-refractivity contribution in [2.24, 2.45) is 4.99 Å². The van der Waals surface area contributed by atoms with Crippen LogP contribution in [0.2, 0.25) is 0 Å². The number of halogens is 3. The van der Waals surface area contributed by atoms with E-state index < -0.39 is 13.0 Å². The van der Waals surface area contributed by atoms with Gasteiger partial charge in [0.2, 0.25) is 0 Å². The number of guanidine groups is 1. The van der Waals surface area contributed by atoms with E-state index in [1.54, 1.807) is 36.6 Å². The molecule has 0 aliphatic heterocycles. The van der Waals surface area contributed by atoms with E-state index in [4.69, 9.17) is 4.74 Å². The Morgan fingerprint density at radius 2 is 2.08 bits per heavy atom. The fourth-order valence-corrected chi connectivity index (χ4v) is 2.78. The summed E-state index contributed by atoms with van der Waals surface area (Å²) in [4.78, 5) is 5.49. The van der Waals surface area contributed by atoms with Crippen LogP contribution in [0, 0.1) is 0 Å². The third-order valence-electron chi connectivity index (χ3n) is 3.20. The van der Waals surface area contributed by atoms with E-state index in [0.717, 1.165) is 18.5 Å². The van der Waals surface area contributed by atoms with Crippen LogP contribution in [0.25, 0.3) is 0 Å². The van der Waals surface area contributed by atoms with Crippen molar-refractivity contribution in [2.75, 3.05) is 20.2 Å². The van der Waals surface area contributed by atoms with Crippen molar-refractivity contribution in [1.29, 1.82) is 0 Å². The summed E-state index contributed by atoms with van der Waals surface area (Å²) in [5, 5.41) is 8.51. The molecule has 4 nitrogen and oxygen atoms in total. The molecule has 138 valence electrons. The number of hydrogen-bond donors (Lipinski definition) is 2. The molecule has 2 N–H and O–H groups in total. The maximum atomic E-state index is 12.2. The zero-order valence-electron chi connectivity index (χ0n) is 13.9. The van der Waals surface area contributed by atoms with E-state index >= 15 is 0 Å². The van der Waals surface area contributed by atoms with Crippen molar-refractivity contribution in [1.82, 2.24) is 10.6 Å². The molecule has 0 amide bonds. The molecule has 1 heterocycles. The second kappa shape index (κ2) is 12.0. The van der Waals surface area contributed by atoms with Gasteiger partial charge in [0, 0.05) is 25.0 Å². The van der Waals surface area contributed by atoms with Crippen LogP contribution in [0.3, 0.4) is 0 Å². The summed E-state index contributed by atoms with van der Waals surface area (Å²) in [7, 11) is 1.71. The first-order chi connectivity index (χ1) is 11.7. The Hall–Kier alpha value is -1.42. The fraction of sp³-hybridized carbons (Fsp3) is 0.353. The van der Waals surface area contributed by atoms with Crippen LogP contribution in [0.1, 0.15) is 10.4 Å². The molecule has 0 saturated heterocycles. The van der Waals surface area contributed by atoms with Crippen LogP contribution in [0.5, 0.6) is 5.75 Å². The minimum absolute atomic E-state index is 0. The summed E-state index contributed by atoms with van der Waals surface area (Å²) in [5.74, 6) is 1.14. The Morgan fingerprint density at radius 1 is 1.24 bits per heavy atom. The standard InChI is InChI=1S/C17H21F2N3OS.HI/c1-20-17(21-8-7-15-6-3-9-24-15)22-11-13-4-2-5-14(10-13)23-12-16(18)19;/h2-6,9-10,16H,7-8,11-12H2,1H3,(H2,20,21,22);1H. The van der Waals surface area contributed by atoms with Crippen LogP contribution in [0.4, 0.5) is 8.78 Å². The van der Waals surface area contributed by atoms with Gasteiger partial charge < -0.3 is 15.4 Å². The number of rotatable bonds is 8. The molecule has 0 fully saturated rings. The first-order valence-corrected chi connectivity index (χ1v) is 8.52. The molecule has 8 heteroatoms. The van der Waals surface area contributed by atoms with Gasteiger partial charge in [0.05, 0.1) is 0 Å². The summed E-state index contributed by atoms with van der Waals surface area (Å²) in [6, 6.07) is 11.2. The molecule has 25 heavy (non-hydrogen) atoms. The second-order valence-corrected chi connectivity index (χ2v) is 6.06. The van der Waals surface area contributed by atoms with Gasteiger partial charge >= 0.3 is 0 Å². The first-order valence-electron chi connectivity index (χ1n) is 7.64. The third-order valence-corrected chi connectivity index (χ3v) is 4.14. The van der Waals surface area contributed by atoms with Gasteiger partial charge in [0.25, 0.3) is 6.43 Å². The van der Waals surface area contributed by atoms with Crippen LogP contribution >= 0.6 is 35.3 Å². The van der Waals surface area contributed by atoms with Gasteiger partial charge in [-0.1, -0.05) is 18.2 Å². The van der Waals surface area contributed by atoms with Crippen molar-refractivity contribution in [3.63, 3.8) is 0 Å². The monoisotopic (exact) mass is 481 g/mol. The number of nitrogens with one attached hydrogen (secondary N) is 2. The molecule has 0 radical (unpaired) electrons. The molecule has 2 aromatic rings. The highest BCUT2D eigenvalue weighted by molar-refractivity contribution is 14.0. The molecule has 0 atom stereocenters. The highest BCUT2D eigenvalue weighted by Crippen LogP contribution is 2.14. The van der Waals surface area contributed by atoms with Crippen molar-refractivity contribution in [3.8, 4) is 5.75 Å². The van der Waals surface area contributed by atoms with Crippen molar-refractivity contribution in [3.05, 3.63) is 52.2 Å². The number of nitrogens with zero attached hydrogens (tertiary/aromatic N) is 1. The largest absolute Gasteiger partial charge is 0.488 e. The quantitative estimate of drug-likeness (QED) is 0.342. The summed E-state index contributed by atoms with van der Waals surface area (Å²) in [6.07, 6.45) is -1.53. The van der Waals surface area contributed by atoms with Gasteiger partial charge in [-0.25, -0.2) is 8.78 Å². The van der Waals surface area contributed by atoms with Crippen LogP contribution in [0.15, 0.2) is 46.8 Å². The van der Waals surface area contributed by atoms with Gasteiger partial charge in [-0.15, -0.1) is 35.3 Å². The normalized spacial score (nSPS) is 11.1. The Kier molecular flexibility index (Phi) is 10.4. The zero-order chi connectivity index (χ0) is 17.2. The molecule has 0 spiro atoms. The summed E-state index contributed by atoms with van der Waals surface area (Å²) in [5.41, 5.74) is 0.933. The van der Waals surface area contributed by atoms with Crippen molar-refractivity contribution < 1.29 is 13.5 Å². The van der Waals surface area contributed by atoms with E-state index in [1.807, 2.05) is 12.1 Å². The highest BCUT2D eigenvalue weighted by Gasteiger charge is 2.04. The number of aliphatic imine (C=N–C) groups is 1. The number of alkyl halides is 2. The van der Waals surface area contributed by atoms with Gasteiger partial charge in [-0.3, -0.25) is 4.99 Å². The maximum Gasteiger partial charge on any atom is 0.272 e. The molecule has 0 aliphatic carbocycles. The number of hydrogen-bond acceptors (Lipinski definition) is 3. The molecular weight excluding hydrogens is 459 g/mol. The van der Waals surface area contributed by atoms with Gasteiger partial charge in [-0.2, -0.15) is 0 Å². The lowest BCUT2D eigenvalue weighted by Gasteiger charge is -2.12. The fourth-order valence-electron chi connectivity index (χ4n) is 2.07. The first kappa shape index (κ1) is 21.6. The molecule has 0 aliphatic rings. The predicted octanol–water partition coefficient (Wildman–Crippen LogP) is 3.92. The van der Waals surface area contributed by atoms with Gasteiger partial charge in [0.15, 0.2) is 5.96 Å². The van der Waals surface area contributed by atoms with Crippen LogP contribution in [-0.2, 0) is 13.0 Å². The highest BCUT2D eigenvalue weighted by atomic mass is 127.